The van der Waals surface area contributed by atoms with Gasteiger partial charge in [0, 0.05) is 38.4 Å². The average molecular weight is 738 g/mol. The first kappa shape index (κ1) is 33.6. The van der Waals surface area contributed by atoms with Crippen LogP contribution in [-0.4, -0.2) is 15.0 Å². The molecule has 3 heteroatoms. The van der Waals surface area contributed by atoms with Crippen LogP contribution in [0.5, 0.6) is 0 Å². The minimum absolute atomic E-state index is 0.710. The Morgan fingerprint density at radius 2 is 0.862 bits per heavy atom. The molecule has 0 aliphatic carbocycles. The van der Waals surface area contributed by atoms with E-state index in [1.54, 1.807) is 0 Å². The molecule has 58 heavy (non-hydrogen) atoms. The number of pyridine rings is 1. The zero-order valence-corrected chi connectivity index (χ0v) is 31.5. The van der Waals surface area contributed by atoms with E-state index in [1.807, 2.05) is 36.4 Å². The third kappa shape index (κ3) is 5.98. The number of nitrogens with zero attached hydrogens (tertiary/aromatic N) is 3. The van der Waals surface area contributed by atoms with Crippen molar-refractivity contribution in [1.82, 2.24) is 15.0 Å². The van der Waals surface area contributed by atoms with Crippen LogP contribution in [0.4, 0.5) is 0 Å². The van der Waals surface area contributed by atoms with Crippen molar-refractivity contribution in [3.8, 4) is 67.4 Å². The Balaban J connectivity index is 1.03. The molecule has 0 amide bonds. The summed E-state index contributed by atoms with van der Waals surface area (Å²) < 4.78 is 0. The summed E-state index contributed by atoms with van der Waals surface area (Å²) in [4.78, 5) is 15.4. The molecule has 0 aliphatic rings. The maximum atomic E-state index is 5.35. The monoisotopic (exact) mass is 737 g/mol. The van der Waals surface area contributed by atoms with E-state index in [0.717, 1.165) is 72.3 Å². The van der Waals surface area contributed by atoms with Gasteiger partial charge in [0.15, 0.2) is 5.82 Å². The van der Waals surface area contributed by atoms with E-state index < -0.39 is 0 Å². The van der Waals surface area contributed by atoms with Gasteiger partial charge in [0.2, 0.25) is 0 Å². The highest BCUT2D eigenvalue weighted by atomic mass is 14.9. The zero-order valence-electron chi connectivity index (χ0n) is 31.5. The van der Waals surface area contributed by atoms with E-state index in [4.69, 9.17) is 15.0 Å². The molecule has 9 aromatic carbocycles. The van der Waals surface area contributed by atoms with Gasteiger partial charge >= 0.3 is 0 Å². The Morgan fingerprint density at radius 1 is 0.276 bits per heavy atom. The Labute approximate surface area is 336 Å². The van der Waals surface area contributed by atoms with Crippen molar-refractivity contribution in [3.05, 3.63) is 212 Å². The normalized spacial score (nSPS) is 11.4. The standard InChI is InChI=1S/C55H35N3/c1-3-15-39(16-4-1)51-35-52(58-55(57-51)40-17-5-2-6-18-40)43-21-13-20-42(32-43)37-26-29-38(30-27-37)48-34-49-53(46-23-10-9-22-45(46)48)47-24-11-12-25-50(47)56-54(49)44-31-28-36-14-7-8-19-41(36)33-44/h1-35H. The van der Waals surface area contributed by atoms with Crippen LogP contribution < -0.4 is 0 Å². The van der Waals surface area contributed by atoms with E-state index >= 15 is 0 Å². The second kappa shape index (κ2) is 14.1. The Bertz CT molecular complexity index is 3260. The molecule has 0 N–H and O–H groups in total. The number of fused-ring (bicyclic) bond motifs is 6. The fraction of sp³-hybridized carbons (Fsp3) is 0. The minimum Gasteiger partial charge on any atom is -0.247 e. The van der Waals surface area contributed by atoms with Crippen LogP contribution in [0.25, 0.3) is 111 Å². The molecule has 0 saturated carbocycles. The summed E-state index contributed by atoms with van der Waals surface area (Å²) in [6, 6.07) is 75.2. The van der Waals surface area contributed by atoms with Crippen LogP contribution in [0, 0.1) is 0 Å². The van der Waals surface area contributed by atoms with Crippen LogP contribution in [0.2, 0.25) is 0 Å². The number of para-hydroxylation sites is 1. The predicted octanol–water partition coefficient (Wildman–Crippen LogP) is 14.5. The summed E-state index contributed by atoms with van der Waals surface area (Å²) in [5.74, 6) is 0.710. The maximum absolute atomic E-state index is 5.35. The fourth-order valence-corrected chi connectivity index (χ4v) is 8.38. The first-order valence-electron chi connectivity index (χ1n) is 19.7. The second-order valence-corrected chi connectivity index (χ2v) is 14.8. The summed E-state index contributed by atoms with van der Waals surface area (Å²) in [5.41, 5.74) is 12.6. The molecule has 0 spiro atoms. The lowest BCUT2D eigenvalue weighted by Crippen LogP contribution is -1.96. The molecule has 270 valence electrons. The highest BCUT2D eigenvalue weighted by Gasteiger charge is 2.17. The van der Waals surface area contributed by atoms with Gasteiger partial charge in [0.1, 0.15) is 0 Å². The first-order chi connectivity index (χ1) is 28.7. The zero-order chi connectivity index (χ0) is 38.4. The molecule has 0 saturated heterocycles. The van der Waals surface area contributed by atoms with Gasteiger partial charge in [-0.25, -0.2) is 15.0 Å². The van der Waals surface area contributed by atoms with Crippen molar-refractivity contribution in [3.63, 3.8) is 0 Å². The molecule has 0 fully saturated rings. The largest absolute Gasteiger partial charge is 0.247 e. The lowest BCUT2D eigenvalue weighted by atomic mass is 9.89. The number of benzene rings is 9. The third-order valence-corrected chi connectivity index (χ3v) is 11.2. The molecule has 0 radical (unpaired) electrons. The van der Waals surface area contributed by atoms with E-state index in [0.29, 0.717) is 5.82 Å². The minimum atomic E-state index is 0.710. The lowest BCUT2D eigenvalue weighted by Gasteiger charge is -2.16. The SMILES string of the molecule is c1ccc(-c2cc(-c3cccc(-c4ccc(-c5cc6c(-c7ccc8ccccc8c7)nc7ccccc7c6c6ccccc56)cc4)c3)nc(-c3ccccc3)n2)cc1. The average Bonchev–Trinajstić information content (AvgIpc) is 3.31. The van der Waals surface area contributed by atoms with Crippen LogP contribution in [0.15, 0.2) is 212 Å². The molecule has 2 heterocycles. The third-order valence-electron chi connectivity index (χ3n) is 11.2. The van der Waals surface area contributed by atoms with Crippen molar-refractivity contribution in [2.45, 2.75) is 0 Å². The van der Waals surface area contributed by atoms with Gasteiger partial charge in [-0.15, -0.1) is 0 Å². The Hall–Kier alpha value is -7.75. The number of aromatic nitrogens is 3. The van der Waals surface area contributed by atoms with Gasteiger partial charge in [0.25, 0.3) is 0 Å². The van der Waals surface area contributed by atoms with Crippen molar-refractivity contribution in [2.75, 3.05) is 0 Å². The number of hydrogen-bond donors (Lipinski definition) is 0. The van der Waals surface area contributed by atoms with Gasteiger partial charge in [-0.05, 0) is 74.1 Å². The summed E-state index contributed by atoms with van der Waals surface area (Å²) in [6.45, 7) is 0. The molecule has 2 aromatic heterocycles. The van der Waals surface area contributed by atoms with Crippen molar-refractivity contribution >= 4 is 43.2 Å². The first-order valence-corrected chi connectivity index (χ1v) is 19.7. The molecular formula is C55H35N3. The number of hydrogen-bond acceptors (Lipinski definition) is 3. The highest BCUT2D eigenvalue weighted by molar-refractivity contribution is 6.25. The van der Waals surface area contributed by atoms with Crippen LogP contribution in [-0.2, 0) is 0 Å². The molecular weight excluding hydrogens is 703 g/mol. The summed E-state index contributed by atoms with van der Waals surface area (Å²) >= 11 is 0. The lowest BCUT2D eigenvalue weighted by molar-refractivity contribution is 1.18. The van der Waals surface area contributed by atoms with Gasteiger partial charge in [-0.2, -0.15) is 0 Å². The van der Waals surface area contributed by atoms with Crippen molar-refractivity contribution in [2.24, 2.45) is 0 Å². The molecule has 0 bridgehead atoms. The molecule has 0 unspecified atom stereocenters. The topological polar surface area (TPSA) is 38.7 Å². The Morgan fingerprint density at radius 3 is 1.66 bits per heavy atom. The van der Waals surface area contributed by atoms with E-state index in [1.165, 1.54) is 32.5 Å². The summed E-state index contributed by atoms with van der Waals surface area (Å²) in [5, 5.41) is 8.41. The molecule has 11 aromatic rings. The fourth-order valence-electron chi connectivity index (χ4n) is 8.38. The summed E-state index contributed by atoms with van der Waals surface area (Å²) in [6.07, 6.45) is 0. The van der Waals surface area contributed by atoms with Crippen LogP contribution >= 0.6 is 0 Å². The van der Waals surface area contributed by atoms with E-state index in [2.05, 4.69) is 176 Å². The second-order valence-electron chi connectivity index (χ2n) is 14.8. The predicted molar refractivity (Wildman–Crippen MR) is 242 cm³/mol. The van der Waals surface area contributed by atoms with Crippen molar-refractivity contribution < 1.29 is 0 Å². The summed E-state index contributed by atoms with van der Waals surface area (Å²) in [7, 11) is 0. The van der Waals surface area contributed by atoms with Crippen LogP contribution in [0.1, 0.15) is 0 Å². The van der Waals surface area contributed by atoms with E-state index in [-0.39, 0.29) is 0 Å². The molecule has 0 aliphatic heterocycles. The quantitative estimate of drug-likeness (QED) is 0.160. The van der Waals surface area contributed by atoms with Crippen LogP contribution in [0.3, 0.4) is 0 Å². The smallest absolute Gasteiger partial charge is 0.160 e. The Kier molecular flexibility index (Phi) is 8.15. The van der Waals surface area contributed by atoms with Crippen molar-refractivity contribution in [1.29, 1.82) is 0 Å². The number of rotatable bonds is 6. The van der Waals surface area contributed by atoms with Gasteiger partial charge in [0.05, 0.1) is 22.6 Å². The van der Waals surface area contributed by atoms with E-state index in [9.17, 15) is 0 Å². The van der Waals surface area contributed by atoms with Gasteiger partial charge < -0.3 is 0 Å². The van der Waals surface area contributed by atoms with Gasteiger partial charge in [-0.1, -0.05) is 182 Å². The highest BCUT2D eigenvalue weighted by Crippen LogP contribution is 2.42. The molecule has 0 atom stereocenters. The molecule has 11 rings (SSSR count). The maximum Gasteiger partial charge on any atom is 0.160 e. The van der Waals surface area contributed by atoms with Gasteiger partial charge in [-0.3, -0.25) is 0 Å². The molecule has 3 nitrogen and oxygen atoms in total.